The number of benzene rings is 1. The lowest BCUT2D eigenvalue weighted by Crippen LogP contribution is -2.11. The first-order chi connectivity index (χ1) is 7.79. The Labute approximate surface area is 100 Å². The lowest BCUT2D eigenvalue weighted by molar-refractivity contribution is -0.144. The van der Waals surface area contributed by atoms with Gasteiger partial charge in [-0.15, -0.1) is 0 Å². The summed E-state index contributed by atoms with van der Waals surface area (Å²) in [6.45, 7) is 3.65. The van der Waals surface area contributed by atoms with Gasteiger partial charge in [0.25, 0.3) is 0 Å². The van der Waals surface area contributed by atoms with Gasteiger partial charge in [-0.3, -0.25) is 0 Å². The van der Waals surface area contributed by atoms with Crippen LogP contribution < -0.4 is 0 Å². The topological polar surface area (TPSA) is 25.8 Å². The molecule has 0 atom stereocenters. The highest BCUT2D eigenvalue weighted by molar-refractivity contribution is 6.34. The maximum absolute atomic E-state index is 12.5. The van der Waals surface area contributed by atoms with Crippen molar-refractivity contribution >= 4 is 22.5 Å². The number of hydrogen-bond donors (Lipinski definition) is 0. The second kappa shape index (κ2) is 3.84. The van der Waals surface area contributed by atoms with E-state index >= 15 is 0 Å². The molecule has 0 aliphatic rings. The third-order valence-electron chi connectivity index (χ3n) is 2.52. The Balaban J connectivity index is 2.78. The summed E-state index contributed by atoms with van der Waals surface area (Å²) < 4.78 is 37.5. The number of hydrogen-bond acceptors (Lipinski definition) is 2. The predicted molar refractivity (Wildman–Crippen MR) is 59.0 cm³/mol. The van der Waals surface area contributed by atoms with Crippen LogP contribution in [0.3, 0.4) is 0 Å². The molecule has 90 valence electrons. The molecule has 2 aromatic rings. The van der Waals surface area contributed by atoms with Crippen LogP contribution in [0.1, 0.15) is 17.0 Å². The first-order valence-electron chi connectivity index (χ1n) is 4.81. The normalized spacial score (nSPS) is 12.1. The van der Waals surface area contributed by atoms with Gasteiger partial charge < -0.3 is 0 Å². The molecule has 0 unspecified atom stereocenters. The van der Waals surface area contributed by atoms with Gasteiger partial charge in [0.05, 0.1) is 5.52 Å². The van der Waals surface area contributed by atoms with E-state index in [-0.39, 0.29) is 10.7 Å². The first kappa shape index (κ1) is 12.1. The minimum absolute atomic E-state index is 0.176. The van der Waals surface area contributed by atoms with E-state index in [1.807, 2.05) is 6.92 Å². The standard InChI is InChI=1S/C11H8ClF3N2/c1-5-3-7-8(4-6(5)2)16-10(11(13,14)15)17-9(7)12/h3-4H,1-2H3. The third-order valence-corrected chi connectivity index (χ3v) is 2.81. The average molecular weight is 261 g/mol. The average Bonchev–Trinajstić information content (AvgIpc) is 2.19. The zero-order valence-electron chi connectivity index (χ0n) is 9.06. The van der Waals surface area contributed by atoms with Crippen LogP contribution in [-0.4, -0.2) is 9.97 Å². The zero-order valence-corrected chi connectivity index (χ0v) is 9.82. The Kier molecular flexibility index (Phi) is 2.73. The van der Waals surface area contributed by atoms with Crippen molar-refractivity contribution in [2.45, 2.75) is 20.0 Å². The molecule has 0 fully saturated rings. The van der Waals surface area contributed by atoms with Crippen molar-refractivity contribution in [1.82, 2.24) is 9.97 Å². The molecule has 2 nitrogen and oxygen atoms in total. The van der Waals surface area contributed by atoms with Gasteiger partial charge in [-0.1, -0.05) is 11.6 Å². The number of aryl methyl sites for hydroxylation is 2. The van der Waals surface area contributed by atoms with Crippen molar-refractivity contribution in [3.8, 4) is 0 Å². The van der Waals surface area contributed by atoms with E-state index in [2.05, 4.69) is 9.97 Å². The maximum atomic E-state index is 12.5. The third kappa shape index (κ3) is 2.20. The quantitative estimate of drug-likeness (QED) is 0.671. The molecule has 1 aromatic heterocycles. The number of fused-ring (bicyclic) bond motifs is 1. The SMILES string of the molecule is Cc1cc2nc(C(F)(F)F)nc(Cl)c2cc1C. The van der Waals surface area contributed by atoms with E-state index in [1.54, 1.807) is 19.1 Å². The summed E-state index contributed by atoms with van der Waals surface area (Å²) >= 11 is 5.74. The van der Waals surface area contributed by atoms with Crippen LogP contribution in [0.2, 0.25) is 5.15 Å². The zero-order chi connectivity index (χ0) is 12.8. The van der Waals surface area contributed by atoms with Crippen LogP contribution in [0.25, 0.3) is 10.9 Å². The fourth-order valence-corrected chi connectivity index (χ4v) is 1.71. The van der Waals surface area contributed by atoms with Gasteiger partial charge in [-0.05, 0) is 37.1 Å². The van der Waals surface area contributed by atoms with Gasteiger partial charge in [0.2, 0.25) is 5.82 Å². The lowest BCUT2D eigenvalue weighted by Gasteiger charge is -2.09. The summed E-state index contributed by atoms with van der Waals surface area (Å²) in [5, 5.41) is 0.258. The molecule has 0 radical (unpaired) electrons. The molecule has 0 saturated heterocycles. The van der Waals surface area contributed by atoms with Crippen LogP contribution in [0.15, 0.2) is 12.1 Å². The van der Waals surface area contributed by atoms with E-state index in [0.717, 1.165) is 11.1 Å². The van der Waals surface area contributed by atoms with Gasteiger partial charge in [-0.2, -0.15) is 13.2 Å². The van der Waals surface area contributed by atoms with Crippen LogP contribution in [0, 0.1) is 13.8 Å². The monoisotopic (exact) mass is 260 g/mol. The highest BCUT2D eigenvalue weighted by atomic mass is 35.5. The molecule has 6 heteroatoms. The Hall–Kier alpha value is -1.36. The summed E-state index contributed by atoms with van der Waals surface area (Å²) in [6.07, 6.45) is -4.59. The molecule has 1 aromatic carbocycles. The summed E-state index contributed by atoms with van der Waals surface area (Å²) in [7, 11) is 0. The number of rotatable bonds is 0. The molecule has 0 amide bonds. The number of nitrogens with zero attached hydrogens (tertiary/aromatic N) is 2. The van der Waals surface area contributed by atoms with E-state index in [1.165, 1.54) is 0 Å². The lowest BCUT2D eigenvalue weighted by atomic mass is 10.1. The molecule has 0 bridgehead atoms. The molecule has 0 aliphatic carbocycles. The van der Waals surface area contributed by atoms with Gasteiger partial charge >= 0.3 is 6.18 Å². The smallest absolute Gasteiger partial charge is 0.224 e. The Morgan fingerprint density at radius 3 is 2.24 bits per heavy atom. The highest BCUT2D eigenvalue weighted by Gasteiger charge is 2.35. The molecular formula is C11H8ClF3N2. The van der Waals surface area contributed by atoms with E-state index in [4.69, 9.17) is 11.6 Å². The van der Waals surface area contributed by atoms with Gasteiger partial charge in [0.1, 0.15) is 5.15 Å². The highest BCUT2D eigenvalue weighted by Crippen LogP contribution is 2.31. The van der Waals surface area contributed by atoms with Crippen molar-refractivity contribution in [3.63, 3.8) is 0 Å². The maximum Gasteiger partial charge on any atom is 0.451 e. The second-order valence-electron chi connectivity index (χ2n) is 3.79. The molecule has 0 aliphatic heterocycles. The van der Waals surface area contributed by atoms with Crippen molar-refractivity contribution < 1.29 is 13.2 Å². The molecule has 0 saturated carbocycles. The number of aromatic nitrogens is 2. The minimum Gasteiger partial charge on any atom is -0.224 e. The summed E-state index contributed by atoms with van der Waals surface area (Å²) in [5.74, 6) is -1.21. The van der Waals surface area contributed by atoms with Crippen LogP contribution in [-0.2, 0) is 6.18 Å². The van der Waals surface area contributed by atoms with Gasteiger partial charge in [0, 0.05) is 5.39 Å². The van der Waals surface area contributed by atoms with E-state index < -0.39 is 12.0 Å². The summed E-state index contributed by atoms with van der Waals surface area (Å²) in [5.41, 5.74) is 2.00. The van der Waals surface area contributed by atoms with E-state index in [0.29, 0.717) is 5.39 Å². The molecule has 1 heterocycles. The Morgan fingerprint density at radius 1 is 1.06 bits per heavy atom. The minimum atomic E-state index is -4.59. The second-order valence-corrected chi connectivity index (χ2v) is 4.15. The number of halogens is 4. The van der Waals surface area contributed by atoms with Crippen molar-refractivity contribution in [3.05, 3.63) is 34.2 Å². The molecule has 17 heavy (non-hydrogen) atoms. The fourth-order valence-electron chi connectivity index (χ4n) is 1.48. The van der Waals surface area contributed by atoms with Gasteiger partial charge in [0.15, 0.2) is 0 Å². The molecular weight excluding hydrogens is 253 g/mol. The Morgan fingerprint density at radius 2 is 1.65 bits per heavy atom. The number of alkyl halides is 3. The van der Waals surface area contributed by atoms with Crippen molar-refractivity contribution in [2.75, 3.05) is 0 Å². The molecule has 0 N–H and O–H groups in total. The first-order valence-corrected chi connectivity index (χ1v) is 5.18. The largest absolute Gasteiger partial charge is 0.451 e. The fraction of sp³-hybridized carbons (Fsp3) is 0.273. The Bertz CT molecular complexity index is 593. The predicted octanol–water partition coefficient (Wildman–Crippen LogP) is 3.92. The molecule has 0 spiro atoms. The molecule has 2 rings (SSSR count). The van der Waals surface area contributed by atoms with Crippen LogP contribution in [0.5, 0.6) is 0 Å². The van der Waals surface area contributed by atoms with Crippen LogP contribution >= 0.6 is 11.6 Å². The summed E-state index contributed by atoms with van der Waals surface area (Å²) in [4.78, 5) is 6.76. The van der Waals surface area contributed by atoms with Crippen molar-refractivity contribution in [1.29, 1.82) is 0 Å². The van der Waals surface area contributed by atoms with Gasteiger partial charge in [-0.25, -0.2) is 9.97 Å². The van der Waals surface area contributed by atoms with Crippen LogP contribution in [0.4, 0.5) is 13.2 Å². The van der Waals surface area contributed by atoms with Crippen molar-refractivity contribution in [2.24, 2.45) is 0 Å². The summed E-state index contributed by atoms with van der Waals surface area (Å²) in [6, 6.07) is 3.26. The van der Waals surface area contributed by atoms with E-state index in [9.17, 15) is 13.2 Å².